The Morgan fingerprint density at radius 2 is 1.75 bits per heavy atom. The molecule has 0 fully saturated rings. The Bertz CT molecular complexity index is 715. The molecule has 0 aliphatic heterocycles. The van der Waals surface area contributed by atoms with Crippen LogP contribution in [0.2, 0.25) is 5.02 Å². The quantitative estimate of drug-likeness (QED) is 0.702. The largest absolute Gasteiger partial charge is 0.308 e. The van der Waals surface area contributed by atoms with Gasteiger partial charge in [0.2, 0.25) is 0 Å². The van der Waals surface area contributed by atoms with Gasteiger partial charge in [-0.1, -0.05) is 59.6 Å². The lowest BCUT2D eigenvalue weighted by molar-refractivity contribution is 0.701. The van der Waals surface area contributed by atoms with Crippen molar-refractivity contribution in [1.82, 2.24) is 5.32 Å². The number of halogens is 1. The van der Waals surface area contributed by atoms with Crippen LogP contribution in [0.3, 0.4) is 0 Å². The van der Waals surface area contributed by atoms with Crippen molar-refractivity contribution in [2.45, 2.75) is 20.0 Å². The van der Waals surface area contributed by atoms with Crippen LogP contribution < -0.4 is 5.32 Å². The monoisotopic (exact) mass is 301 g/mol. The fourth-order valence-electron chi connectivity index (χ4n) is 2.20. The Kier molecular flexibility index (Phi) is 4.06. The van der Waals surface area contributed by atoms with Gasteiger partial charge < -0.3 is 5.32 Å². The van der Waals surface area contributed by atoms with Crippen LogP contribution in [0.5, 0.6) is 0 Å². The molecular formula is C17H16ClNS. The molecule has 1 aromatic heterocycles. The highest BCUT2D eigenvalue weighted by molar-refractivity contribution is 7.19. The summed E-state index contributed by atoms with van der Waals surface area (Å²) < 4.78 is 1.25. The number of rotatable bonds is 4. The van der Waals surface area contributed by atoms with Crippen molar-refractivity contribution in [1.29, 1.82) is 0 Å². The number of hydrogen-bond acceptors (Lipinski definition) is 2. The molecule has 3 heteroatoms. The van der Waals surface area contributed by atoms with E-state index < -0.39 is 0 Å². The molecule has 0 bridgehead atoms. The maximum atomic E-state index is 6.43. The zero-order chi connectivity index (χ0) is 13.9. The molecule has 20 heavy (non-hydrogen) atoms. The Balaban J connectivity index is 1.68. The molecule has 0 aliphatic rings. The number of fused-ring (bicyclic) bond motifs is 1. The van der Waals surface area contributed by atoms with Gasteiger partial charge in [-0.3, -0.25) is 0 Å². The summed E-state index contributed by atoms with van der Waals surface area (Å²) in [4.78, 5) is 1.21. The maximum Gasteiger partial charge on any atom is 0.0636 e. The van der Waals surface area contributed by atoms with E-state index in [9.17, 15) is 0 Å². The molecule has 1 N–H and O–H groups in total. The van der Waals surface area contributed by atoms with Gasteiger partial charge in [-0.05, 0) is 18.6 Å². The first kappa shape index (κ1) is 13.6. The Hall–Kier alpha value is -1.35. The van der Waals surface area contributed by atoms with Crippen molar-refractivity contribution in [3.05, 3.63) is 69.6 Å². The molecule has 0 amide bonds. The molecule has 0 saturated heterocycles. The summed E-state index contributed by atoms with van der Waals surface area (Å²) in [5.74, 6) is 0. The van der Waals surface area contributed by atoms with Gasteiger partial charge >= 0.3 is 0 Å². The van der Waals surface area contributed by atoms with E-state index in [1.165, 1.54) is 20.7 Å². The van der Waals surface area contributed by atoms with Gasteiger partial charge in [0.15, 0.2) is 0 Å². The standard InChI is InChI=1S/C17H16ClNS/c1-12-6-8-13(9-7-12)10-19-11-16-17(18)14-4-2-3-5-15(14)20-16/h2-9,19H,10-11H2,1H3. The van der Waals surface area contributed by atoms with Crippen LogP contribution in [0.1, 0.15) is 16.0 Å². The smallest absolute Gasteiger partial charge is 0.0636 e. The summed E-state index contributed by atoms with van der Waals surface area (Å²) in [6.45, 7) is 3.78. The molecular weight excluding hydrogens is 286 g/mol. The number of nitrogens with one attached hydrogen (secondary N) is 1. The van der Waals surface area contributed by atoms with Crippen LogP contribution >= 0.6 is 22.9 Å². The van der Waals surface area contributed by atoms with Gasteiger partial charge in [0.25, 0.3) is 0 Å². The molecule has 3 rings (SSSR count). The van der Waals surface area contributed by atoms with E-state index in [0.29, 0.717) is 0 Å². The average Bonchev–Trinajstić information content (AvgIpc) is 2.78. The van der Waals surface area contributed by atoms with Crippen LogP contribution in [-0.2, 0) is 13.1 Å². The van der Waals surface area contributed by atoms with E-state index in [4.69, 9.17) is 11.6 Å². The van der Waals surface area contributed by atoms with E-state index in [2.05, 4.69) is 54.7 Å². The SMILES string of the molecule is Cc1ccc(CNCc2sc3ccccc3c2Cl)cc1. The molecule has 1 nitrogen and oxygen atoms in total. The summed E-state index contributed by atoms with van der Waals surface area (Å²) in [5.41, 5.74) is 2.59. The van der Waals surface area contributed by atoms with E-state index in [0.717, 1.165) is 23.5 Å². The molecule has 0 spiro atoms. The Morgan fingerprint density at radius 1 is 1.00 bits per heavy atom. The zero-order valence-corrected chi connectivity index (χ0v) is 12.9. The van der Waals surface area contributed by atoms with Gasteiger partial charge in [0.05, 0.1) is 5.02 Å². The third kappa shape index (κ3) is 2.88. The lowest BCUT2D eigenvalue weighted by Crippen LogP contribution is -2.11. The minimum atomic E-state index is 0.812. The molecule has 2 aromatic carbocycles. The average molecular weight is 302 g/mol. The van der Waals surface area contributed by atoms with Crippen molar-refractivity contribution < 1.29 is 0 Å². The summed E-state index contributed by atoms with van der Waals surface area (Å²) in [5, 5.41) is 5.51. The minimum absolute atomic E-state index is 0.812. The number of thiophene rings is 1. The molecule has 1 heterocycles. The van der Waals surface area contributed by atoms with Crippen LogP contribution in [0, 0.1) is 6.92 Å². The van der Waals surface area contributed by atoms with E-state index in [1.54, 1.807) is 11.3 Å². The van der Waals surface area contributed by atoms with E-state index >= 15 is 0 Å². The molecule has 0 unspecified atom stereocenters. The maximum absolute atomic E-state index is 6.43. The normalized spacial score (nSPS) is 11.1. The highest BCUT2D eigenvalue weighted by atomic mass is 35.5. The lowest BCUT2D eigenvalue weighted by Gasteiger charge is -2.04. The lowest BCUT2D eigenvalue weighted by atomic mass is 10.1. The summed E-state index contributed by atoms with van der Waals surface area (Å²) in [6, 6.07) is 16.9. The van der Waals surface area contributed by atoms with E-state index in [1.807, 2.05) is 6.07 Å². The molecule has 0 radical (unpaired) electrons. The number of hydrogen-bond donors (Lipinski definition) is 1. The van der Waals surface area contributed by atoms with Gasteiger partial charge in [-0.25, -0.2) is 0 Å². The predicted octanol–water partition coefficient (Wildman–Crippen LogP) is 5.15. The van der Waals surface area contributed by atoms with Crippen LogP contribution in [0.25, 0.3) is 10.1 Å². The Labute approximate surface area is 128 Å². The minimum Gasteiger partial charge on any atom is -0.308 e. The van der Waals surface area contributed by atoms with Crippen molar-refractivity contribution in [2.75, 3.05) is 0 Å². The van der Waals surface area contributed by atoms with Crippen LogP contribution in [0.4, 0.5) is 0 Å². The van der Waals surface area contributed by atoms with Crippen LogP contribution in [-0.4, -0.2) is 0 Å². The first-order valence-electron chi connectivity index (χ1n) is 6.66. The molecule has 3 aromatic rings. The van der Waals surface area contributed by atoms with Crippen molar-refractivity contribution >= 4 is 33.0 Å². The second-order valence-electron chi connectivity index (χ2n) is 4.92. The van der Waals surface area contributed by atoms with E-state index in [-0.39, 0.29) is 0 Å². The van der Waals surface area contributed by atoms with Gasteiger partial charge in [0, 0.05) is 28.1 Å². The molecule has 0 atom stereocenters. The fourth-order valence-corrected chi connectivity index (χ4v) is 3.67. The van der Waals surface area contributed by atoms with Crippen molar-refractivity contribution in [3.8, 4) is 0 Å². The topological polar surface area (TPSA) is 12.0 Å². The second kappa shape index (κ2) is 5.96. The fraction of sp³-hybridized carbons (Fsp3) is 0.176. The third-order valence-electron chi connectivity index (χ3n) is 3.34. The number of benzene rings is 2. The van der Waals surface area contributed by atoms with Crippen molar-refractivity contribution in [2.24, 2.45) is 0 Å². The first-order valence-corrected chi connectivity index (χ1v) is 7.85. The summed E-state index contributed by atoms with van der Waals surface area (Å²) in [6.07, 6.45) is 0. The van der Waals surface area contributed by atoms with Gasteiger partial charge in [-0.2, -0.15) is 0 Å². The summed E-state index contributed by atoms with van der Waals surface area (Å²) >= 11 is 8.20. The molecule has 0 aliphatic carbocycles. The molecule has 102 valence electrons. The first-order chi connectivity index (χ1) is 9.74. The number of aryl methyl sites for hydroxylation is 1. The van der Waals surface area contributed by atoms with Crippen LogP contribution in [0.15, 0.2) is 48.5 Å². The van der Waals surface area contributed by atoms with Gasteiger partial charge in [-0.15, -0.1) is 11.3 Å². The predicted molar refractivity (Wildman–Crippen MR) is 88.6 cm³/mol. The molecule has 0 saturated carbocycles. The second-order valence-corrected chi connectivity index (χ2v) is 6.44. The highest BCUT2D eigenvalue weighted by Gasteiger charge is 2.08. The third-order valence-corrected chi connectivity index (χ3v) is 5.05. The highest BCUT2D eigenvalue weighted by Crippen LogP contribution is 2.34. The van der Waals surface area contributed by atoms with Gasteiger partial charge in [0.1, 0.15) is 0 Å². The zero-order valence-electron chi connectivity index (χ0n) is 11.3. The van der Waals surface area contributed by atoms with Crippen molar-refractivity contribution in [3.63, 3.8) is 0 Å². The Morgan fingerprint density at radius 3 is 2.50 bits per heavy atom. The summed E-state index contributed by atoms with van der Waals surface area (Å²) in [7, 11) is 0.